The Bertz CT molecular complexity index is 932. The van der Waals surface area contributed by atoms with Gasteiger partial charge in [0.1, 0.15) is 5.01 Å². The number of hydrogen-bond acceptors (Lipinski definition) is 5. The lowest BCUT2D eigenvalue weighted by atomic mass is 10.2. The molecule has 29 heavy (non-hydrogen) atoms. The first-order chi connectivity index (χ1) is 13.8. The molecule has 0 saturated carbocycles. The van der Waals surface area contributed by atoms with Gasteiger partial charge >= 0.3 is 12.1 Å². The van der Waals surface area contributed by atoms with E-state index in [0.717, 1.165) is 21.8 Å². The van der Waals surface area contributed by atoms with E-state index in [9.17, 15) is 18.0 Å². The molecule has 0 atom stereocenters. The van der Waals surface area contributed by atoms with Gasteiger partial charge in [-0.15, -0.1) is 11.3 Å². The molecule has 152 valence electrons. The number of carboxylic acid groups (broad SMARTS) is 1. The lowest BCUT2D eigenvalue weighted by Gasteiger charge is -2.03. The predicted molar refractivity (Wildman–Crippen MR) is 101 cm³/mol. The fraction of sp³-hybridized carbons (Fsp3) is 0.158. The molecule has 0 unspecified atom stereocenters. The van der Waals surface area contributed by atoms with Crippen molar-refractivity contribution in [3.63, 3.8) is 0 Å². The van der Waals surface area contributed by atoms with Gasteiger partial charge in [0.25, 0.3) is 0 Å². The third kappa shape index (κ3) is 7.70. The molecule has 1 amide bonds. The third-order valence-electron chi connectivity index (χ3n) is 3.40. The van der Waals surface area contributed by atoms with Crippen molar-refractivity contribution in [3.8, 4) is 10.6 Å². The zero-order valence-electron chi connectivity index (χ0n) is 14.9. The SMILES string of the molecule is O=C(Cc1csc(-c2ccccc2)n1)NCc1ccncc1.O=C(O)C(F)(F)F. The average Bonchev–Trinajstić information content (AvgIpc) is 3.16. The van der Waals surface area contributed by atoms with Gasteiger partial charge in [-0.2, -0.15) is 13.2 Å². The van der Waals surface area contributed by atoms with Crippen LogP contribution >= 0.6 is 11.3 Å². The minimum absolute atomic E-state index is 0.0262. The summed E-state index contributed by atoms with van der Waals surface area (Å²) in [6.07, 6.45) is -1.35. The van der Waals surface area contributed by atoms with Crippen molar-refractivity contribution < 1.29 is 27.9 Å². The number of aliphatic carboxylic acids is 1. The largest absolute Gasteiger partial charge is 0.490 e. The number of hydrogen-bond donors (Lipinski definition) is 2. The van der Waals surface area contributed by atoms with E-state index in [0.29, 0.717) is 13.0 Å². The summed E-state index contributed by atoms with van der Waals surface area (Å²) in [6.45, 7) is 0.511. The summed E-state index contributed by atoms with van der Waals surface area (Å²) in [4.78, 5) is 29.3. The van der Waals surface area contributed by atoms with Crippen molar-refractivity contribution in [2.45, 2.75) is 19.1 Å². The lowest BCUT2D eigenvalue weighted by Crippen LogP contribution is -2.24. The molecular weight excluding hydrogens is 407 g/mol. The summed E-state index contributed by atoms with van der Waals surface area (Å²) in [7, 11) is 0. The fourth-order valence-electron chi connectivity index (χ4n) is 2.03. The second-order valence-electron chi connectivity index (χ2n) is 5.62. The minimum atomic E-state index is -5.08. The van der Waals surface area contributed by atoms with Crippen molar-refractivity contribution in [2.75, 3.05) is 0 Å². The van der Waals surface area contributed by atoms with Crippen LogP contribution in [-0.2, 0) is 22.6 Å². The Kier molecular flexibility index (Phi) is 7.84. The molecular formula is C19H16F3N3O3S. The highest BCUT2D eigenvalue weighted by molar-refractivity contribution is 7.13. The molecule has 2 N–H and O–H groups in total. The van der Waals surface area contributed by atoms with Gasteiger partial charge in [-0.1, -0.05) is 30.3 Å². The quantitative estimate of drug-likeness (QED) is 0.653. The molecule has 0 aliphatic rings. The van der Waals surface area contributed by atoms with E-state index in [1.54, 1.807) is 23.7 Å². The molecule has 1 aromatic carbocycles. The number of carbonyl (C=O) groups is 2. The third-order valence-corrected chi connectivity index (χ3v) is 4.34. The van der Waals surface area contributed by atoms with Gasteiger partial charge in [-0.3, -0.25) is 9.78 Å². The maximum Gasteiger partial charge on any atom is 0.490 e. The van der Waals surface area contributed by atoms with Gasteiger partial charge in [-0.05, 0) is 17.7 Å². The molecule has 0 aliphatic carbocycles. The Morgan fingerprint density at radius 1 is 1.07 bits per heavy atom. The Labute approximate surface area is 168 Å². The first kappa shape index (κ1) is 22.0. The molecule has 3 aromatic rings. The molecule has 0 fully saturated rings. The van der Waals surface area contributed by atoms with Crippen LogP contribution in [-0.4, -0.2) is 33.1 Å². The maximum absolute atomic E-state index is 12.0. The number of nitrogens with one attached hydrogen (secondary N) is 1. The molecule has 2 heterocycles. The highest BCUT2D eigenvalue weighted by Gasteiger charge is 2.38. The van der Waals surface area contributed by atoms with E-state index in [1.165, 1.54) is 0 Å². The smallest absolute Gasteiger partial charge is 0.475 e. The number of amides is 1. The van der Waals surface area contributed by atoms with Crippen molar-refractivity contribution in [2.24, 2.45) is 0 Å². The Hall–Kier alpha value is -3.27. The minimum Gasteiger partial charge on any atom is -0.475 e. The number of carboxylic acids is 1. The fourth-order valence-corrected chi connectivity index (χ4v) is 2.86. The lowest BCUT2D eigenvalue weighted by molar-refractivity contribution is -0.192. The van der Waals surface area contributed by atoms with Crippen molar-refractivity contribution in [1.82, 2.24) is 15.3 Å². The summed E-state index contributed by atoms with van der Waals surface area (Å²) in [5.74, 6) is -2.78. The van der Waals surface area contributed by atoms with Crippen molar-refractivity contribution >= 4 is 23.2 Å². The van der Waals surface area contributed by atoms with Crippen LogP contribution in [0.15, 0.2) is 60.2 Å². The normalized spacial score (nSPS) is 10.6. The summed E-state index contributed by atoms with van der Waals surface area (Å²) in [5.41, 5.74) is 2.92. The van der Waals surface area contributed by atoms with E-state index in [-0.39, 0.29) is 5.91 Å². The van der Waals surface area contributed by atoms with Gasteiger partial charge in [0.2, 0.25) is 5.91 Å². The molecule has 0 radical (unpaired) electrons. The molecule has 10 heteroatoms. The second kappa shape index (κ2) is 10.3. The van der Waals surface area contributed by atoms with Crippen LogP contribution in [0.1, 0.15) is 11.3 Å². The summed E-state index contributed by atoms with van der Waals surface area (Å²) < 4.78 is 31.7. The number of aromatic nitrogens is 2. The van der Waals surface area contributed by atoms with Crippen LogP contribution < -0.4 is 5.32 Å². The van der Waals surface area contributed by atoms with Gasteiger partial charge in [0.15, 0.2) is 0 Å². The van der Waals surface area contributed by atoms with Gasteiger partial charge < -0.3 is 10.4 Å². The molecule has 0 aliphatic heterocycles. The Balaban J connectivity index is 0.000000370. The predicted octanol–water partition coefficient (Wildman–Crippen LogP) is 3.70. The van der Waals surface area contributed by atoms with Gasteiger partial charge in [-0.25, -0.2) is 9.78 Å². The summed E-state index contributed by atoms with van der Waals surface area (Å²) in [6, 6.07) is 13.8. The number of alkyl halides is 3. The zero-order valence-corrected chi connectivity index (χ0v) is 15.7. The Morgan fingerprint density at radius 2 is 1.69 bits per heavy atom. The number of thiazole rings is 1. The van der Waals surface area contributed by atoms with Crippen LogP contribution in [0.25, 0.3) is 10.6 Å². The van der Waals surface area contributed by atoms with Crippen LogP contribution in [0, 0.1) is 0 Å². The topological polar surface area (TPSA) is 92.2 Å². The average molecular weight is 423 g/mol. The highest BCUT2D eigenvalue weighted by atomic mass is 32.1. The standard InChI is InChI=1S/C17H15N3OS.C2HF3O2/c21-16(19-11-13-6-8-18-9-7-13)10-15-12-22-17(20-15)14-4-2-1-3-5-14;3-2(4,5)1(6)7/h1-9,12H,10-11H2,(H,19,21);(H,6,7). The number of rotatable bonds is 5. The zero-order chi connectivity index (χ0) is 21.3. The van der Waals surface area contributed by atoms with Crippen LogP contribution in [0.2, 0.25) is 0 Å². The van der Waals surface area contributed by atoms with E-state index in [1.807, 2.05) is 47.8 Å². The molecule has 0 saturated heterocycles. The van der Waals surface area contributed by atoms with Crippen molar-refractivity contribution in [3.05, 3.63) is 71.5 Å². The van der Waals surface area contributed by atoms with E-state index < -0.39 is 12.1 Å². The van der Waals surface area contributed by atoms with E-state index in [2.05, 4.69) is 15.3 Å². The molecule has 0 spiro atoms. The van der Waals surface area contributed by atoms with Gasteiger partial charge in [0.05, 0.1) is 12.1 Å². The maximum atomic E-state index is 12.0. The number of pyridine rings is 1. The Morgan fingerprint density at radius 3 is 2.28 bits per heavy atom. The van der Waals surface area contributed by atoms with Crippen LogP contribution in [0.3, 0.4) is 0 Å². The van der Waals surface area contributed by atoms with E-state index >= 15 is 0 Å². The first-order valence-electron chi connectivity index (χ1n) is 8.21. The monoisotopic (exact) mass is 423 g/mol. The molecule has 6 nitrogen and oxygen atoms in total. The first-order valence-corrected chi connectivity index (χ1v) is 9.09. The van der Waals surface area contributed by atoms with E-state index in [4.69, 9.17) is 9.90 Å². The summed E-state index contributed by atoms with van der Waals surface area (Å²) in [5, 5.41) is 12.9. The number of benzene rings is 1. The number of nitrogens with zero attached hydrogens (tertiary/aromatic N) is 2. The highest BCUT2D eigenvalue weighted by Crippen LogP contribution is 2.23. The van der Waals surface area contributed by atoms with Gasteiger partial charge in [0, 0.05) is 29.9 Å². The van der Waals surface area contributed by atoms with Crippen molar-refractivity contribution in [1.29, 1.82) is 0 Å². The summed E-state index contributed by atoms with van der Waals surface area (Å²) >= 11 is 1.56. The molecule has 0 bridgehead atoms. The van der Waals surface area contributed by atoms with Crippen LogP contribution in [0.4, 0.5) is 13.2 Å². The molecule has 2 aromatic heterocycles. The number of halogens is 3. The van der Waals surface area contributed by atoms with Crippen LogP contribution in [0.5, 0.6) is 0 Å². The second-order valence-corrected chi connectivity index (χ2v) is 6.48. The molecule has 3 rings (SSSR count). The number of carbonyl (C=O) groups excluding carboxylic acids is 1.